The number of carboxylic acid groups (broad SMARTS) is 1. The van der Waals surface area contributed by atoms with E-state index in [9.17, 15) is 14.7 Å². The van der Waals surface area contributed by atoms with E-state index in [-0.39, 0.29) is 24.7 Å². The zero-order valence-corrected chi connectivity index (χ0v) is 11.0. The van der Waals surface area contributed by atoms with Gasteiger partial charge in [-0.05, 0) is 16.7 Å². The standard InChI is InChI=1S/C11H16N4O5/c1-2-3-15(7-5-19-4-6(7)11(17)18)10(16)8-9(12)14-20-13-8/h6-7H,2-5H2,1H3,(H2,12,14)(H,17,18). The van der Waals surface area contributed by atoms with Gasteiger partial charge in [0.2, 0.25) is 11.5 Å². The van der Waals surface area contributed by atoms with Crippen LogP contribution < -0.4 is 5.73 Å². The second kappa shape index (κ2) is 5.87. The average molecular weight is 284 g/mol. The maximum absolute atomic E-state index is 12.4. The highest BCUT2D eigenvalue weighted by atomic mass is 16.6. The number of nitrogens with zero attached hydrogens (tertiary/aromatic N) is 3. The van der Waals surface area contributed by atoms with Gasteiger partial charge in [0.05, 0.1) is 19.3 Å². The first-order valence-electron chi connectivity index (χ1n) is 6.25. The highest BCUT2D eigenvalue weighted by molar-refractivity contribution is 5.96. The third kappa shape index (κ3) is 2.57. The molecular formula is C11H16N4O5. The Hall–Kier alpha value is -2.16. The van der Waals surface area contributed by atoms with Crippen molar-refractivity contribution in [3.8, 4) is 0 Å². The molecule has 1 saturated heterocycles. The van der Waals surface area contributed by atoms with E-state index in [2.05, 4.69) is 14.9 Å². The summed E-state index contributed by atoms with van der Waals surface area (Å²) in [5, 5.41) is 16.0. The number of carbonyl (C=O) groups is 2. The van der Waals surface area contributed by atoms with Crippen molar-refractivity contribution in [2.24, 2.45) is 5.92 Å². The van der Waals surface area contributed by atoms with Crippen LogP contribution in [0.4, 0.5) is 5.82 Å². The summed E-state index contributed by atoms with van der Waals surface area (Å²) in [6.07, 6.45) is 0.666. The number of amides is 1. The van der Waals surface area contributed by atoms with Gasteiger partial charge in [-0.3, -0.25) is 9.59 Å². The third-order valence-electron chi connectivity index (χ3n) is 3.21. The van der Waals surface area contributed by atoms with E-state index < -0.39 is 23.8 Å². The molecular weight excluding hydrogens is 268 g/mol. The van der Waals surface area contributed by atoms with Crippen LogP contribution in [0.5, 0.6) is 0 Å². The number of ether oxygens (including phenoxy) is 1. The summed E-state index contributed by atoms with van der Waals surface area (Å²) in [4.78, 5) is 25.0. The molecule has 20 heavy (non-hydrogen) atoms. The van der Waals surface area contributed by atoms with Crippen molar-refractivity contribution >= 4 is 17.7 Å². The fraction of sp³-hybridized carbons (Fsp3) is 0.636. The van der Waals surface area contributed by atoms with Gasteiger partial charge in [-0.25, -0.2) is 4.63 Å². The first-order chi connectivity index (χ1) is 9.56. The van der Waals surface area contributed by atoms with E-state index in [0.29, 0.717) is 13.0 Å². The van der Waals surface area contributed by atoms with Gasteiger partial charge in [0.25, 0.3) is 5.91 Å². The van der Waals surface area contributed by atoms with E-state index in [1.165, 1.54) is 4.90 Å². The van der Waals surface area contributed by atoms with Gasteiger partial charge >= 0.3 is 5.97 Å². The molecule has 0 aromatic carbocycles. The minimum Gasteiger partial charge on any atom is -0.481 e. The van der Waals surface area contributed by atoms with Crippen molar-refractivity contribution < 1.29 is 24.1 Å². The van der Waals surface area contributed by atoms with Gasteiger partial charge in [-0.15, -0.1) is 0 Å². The van der Waals surface area contributed by atoms with Crippen LogP contribution in [0.15, 0.2) is 4.63 Å². The molecule has 1 aromatic heterocycles. The molecule has 2 rings (SSSR count). The van der Waals surface area contributed by atoms with Crippen LogP contribution in [0.1, 0.15) is 23.8 Å². The number of hydrogen-bond acceptors (Lipinski definition) is 7. The fourth-order valence-corrected chi connectivity index (χ4v) is 2.22. The molecule has 1 aliphatic heterocycles. The minimum absolute atomic E-state index is 0.0834. The molecule has 0 radical (unpaired) electrons. The van der Waals surface area contributed by atoms with Crippen LogP contribution in [-0.4, -0.2) is 58.0 Å². The molecule has 0 aliphatic carbocycles. The Balaban J connectivity index is 2.24. The number of rotatable bonds is 5. The van der Waals surface area contributed by atoms with Crippen LogP contribution >= 0.6 is 0 Å². The summed E-state index contributed by atoms with van der Waals surface area (Å²) in [7, 11) is 0. The van der Waals surface area contributed by atoms with Crippen LogP contribution in [0.2, 0.25) is 0 Å². The summed E-state index contributed by atoms with van der Waals surface area (Å²) in [6, 6.07) is -0.545. The summed E-state index contributed by atoms with van der Waals surface area (Å²) in [6.45, 7) is 2.52. The lowest BCUT2D eigenvalue weighted by Gasteiger charge is -2.29. The van der Waals surface area contributed by atoms with Crippen molar-refractivity contribution in [3.05, 3.63) is 5.69 Å². The van der Waals surface area contributed by atoms with Gasteiger partial charge in [0.1, 0.15) is 5.92 Å². The van der Waals surface area contributed by atoms with Crippen LogP contribution in [0.25, 0.3) is 0 Å². The molecule has 0 bridgehead atoms. The molecule has 0 spiro atoms. The van der Waals surface area contributed by atoms with Crippen molar-refractivity contribution in [3.63, 3.8) is 0 Å². The Morgan fingerprint density at radius 2 is 2.20 bits per heavy atom. The number of nitrogens with two attached hydrogens (primary N) is 1. The number of carboxylic acids is 1. The maximum atomic E-state index is 12.4. The number of carbonyl (C=O) groups excluding carboxylic acids is 1. The van der Waals surface area contributed by atoms with Crippen LogP contribution in [0.3, 0.4) is 0 Å². The molecule has 2 heterocycles. The Labute approximate surface area is 114 Å². The van der Waals surface area contributed by atoms with Crippen molar-refractivity contribution in [2.45, 2.75) is 19.4 Å². The number of hydrogen-bond donors (Lipinski definition) is 2. The summed E-state index contributed by atoms with van der Waals surface area (Å²) < 4.78 is 9.60. The molecule has 0 saturated carbocycles. The topological polar surface area (TPSA) is 132 Å². The third-order valence-corrected chi connectivity index (χ3v) is 3.21. The zero-order chi connectivity index (χ0) is 14.7. The number of aromatic nitrogens is 2. The first-order valence-corrected chi connectivity index (χ1v) is 6.25. The molecule has 9 heteroatoms. The summed E-state index contributed by atoms with van der Waals surface area (Å²) >= 11 is 0. The lowest BCUT2D eigenvalue weighted by Crippen LogP contribution is -2.47. The predicted octanol–water partition coefficient (Wildman–Crippen LogP) is -0.396. The second-order valence-electron chi connectivity index (χ2n) is 4.55. The predicted molar refractivity (Wildman–Crippen MR) is 65.8 cm³/mol. The highest BCUT2D eigenvalue weighted by Crippen LogP contribution is 2.23. The SMILES string of the molecule is CCCN(C(=O)c1nonc1N)C1COCC1C(=O)O. The first kappa shape index (κ1) is 14.3. The molecule has 1 amide bonds. The molecule has 1 aliphatic rings. The smallest absolute Gasteiger partial charge is 0.311 e. The van der Waals surface area contributed by atoms with E-state index in [0.717, 1.165) is 0 Å². The van der Waals surface area contributed by atoms with Crippen LogP contribution in [-0.2, 0) is 9.53 Å². The fourth-order valence-electron chi connectivity index (χ4n) is 2.22. The average Bonchev–Trinajstić information content (AvgIpc) is 3.03. The normalized spacial score (nSPS) is 21.9. The van der Waals surface area contributed by atoms with E-state index in [1.54, 1.807) is 0 Å². The zero-order valence-electron chi connectivity index (χ0n) is 11.0. The highest BCUT2D eigenvalue weighted by Gasteiger charge is 2.41. The summed E-state index contributed by atoms with van der Waals surface area (Å²) in [5.74, 6) is -2.35. The van der Waals surface area contributed by atoms with Gasteiger partial charge in [-0.2, -0.15) is 0 Å². The Kier molecular flexibility index (Phi) is 4.18. The lowest BCUT2D eigenvalue weighted by atomic mass is 10.0. The second-order valence-corrected chi connectivity index (χ2v) is 4.55. The molecule has 110 valence electrons. The van der Waals surface area contributed by atoms with E-state index in [4.69, 9.17) is 10.5 Å². The molecule has 9 nitrogen and oxygen atoms in total. The van der Waals surface area contributed by atoms with Crippen LogP contribution in [0, 0.1) is 5.92 Å². The number of nitrogen functional groups attached to an aromatic ring is 1. The Morgan fingerprint density at radius 3 is 2.75 bits per heavy atom. The molecule has 2 unspecified atom stereocenters. The van der Waals surface area contributed by atoms with Crippen molar-refractivity contribution in [2.75, 3.05) is 25.5 Å². The van der Waals surface area contributed by atoms with Gasteiger partial charge in [-0.1, -0.05) is 6.92 Å². The van der Waals surface area contributed by atoms with E-state index >= 15 is 0 Å². The molecule has 2 atom stereocenters. The van der Waals surface area contributed by atoms with Crippen molar-refractivity contribution in [1.82, 2.24) is 15.2 Å². The Morgan fingerprint density at radius 1 is 1.45 bits per heavy atom. The maximum Gasteiger partial charge on any atom is 0.311 e. The summed E-state index contributed by atoms with van der Waals surface area (Å²) in [5.41, 5.74) is 5.40. The number of anilines is 1. The van der Waals surface area contributed by atoms with Gasteiger partial charge < -0.3 is 20.5 Å². The monoisotopic (exact) mass is 284 g/mol. The molecule has 3 N–H and O–H groups in total. The number of aliphatic carboxylic acids is 1. The largest absolute Gasteiger partial charge is 0.481 e. The van der Waals surface area contributed by atoms with E-state index in [1.807, 2.05) is 6.92 Å². The lowest BCUT2D eigenvalue weighted by molar-refractivity contribution is -0.142. The van der Waals surface area contributed by atoms with Gasteiger partial charge in [0, 0.05) is 6.54 Å². The molecule has 1 aromatic rings. The van der Waals surface area contributed by atoms with Crippen molar-refractivity contribution in [1.29, 1.82) is 0 Å². The van der Waals surface area contributed by atoms with Gasteiger partial charge in [0.15, 0.2) is 0 Å². The minimum atomic E-state index is -0.993. The molecule has 1 fully saturated rings. The Bertz CT molecular complexity index is 503. The quantitative estimate of drug-likeness (QED) is 0.746.